The van der Waals surface area contributed by atoms with Crippen molar-refractivity contribution in [3.8, 4) is 0 Å². The molecule has 17 heavy (non-hydrogen) atoms. The summed E-state index contributed by atoms with van der Waals surface area (Å²) in [6.45, 7) is 7.10. The van der Waals surface area contributed by atoms with Crippen molar-refractivity contribution in [3.63, 3.8) is 0 Å². The molecule has 92 valence electrons. The number of hydrogen-bond donors (Lipinski definition) is 2. The Kier molecular flexibility index (Phi) is 4.30. The fraction of sp³-hybridized carbons (Fsp3) is 0.400. The zero-order chi connectivity index (χ0) is 13.1. The van der Waals surface area contributed by atoms with E-state index in [0.717, 1.165) is 11.1 Å². The molecule has 0 aliphatic heterocycles. The molecule has 0 radical (unpaired) electrons. The highest BCUT2D eigenvalue weighted by molar-refractivity contribution is 5.63. The zero-order valence-electron chi connectivity index (χ0n) is 10.9. The molecule has 2 N–H and O–H groups in total. The van der Waals surface area contributed by atoms with Crippen molar-refractivity contribution in [3.05, 3.63) is 47.2 Å². The minimum absolute atomic E-state index is 0.914. The van der Waals surface area contributed by atoms with Crippen LogP contribution in [0.15, 0.2) is 36.1 Å². The Hall–Kier alpha value is -1.34. The normalized spacial score (nSPS) is 12.8. The summed E-state index contributed by atoms with van der Waals surface area (Å²) in [4.78, 5) is 0. The van der Waals surface area contributed by atoms with Crippen LogP contribution in [0.25, 0.3) is 5.57 Å². The van der Waals surface area contributed by atoms with Crippen LogP contribution in [0, 0.1) is 6.92 Å². The first-order valence-electron chi connectivity index (χ1n) is 5.71. The summed E-state index contributed by atoms with van der Waals surface area (Å²) in [6.07, 6.45) is 0.581. The summed E-state index contributed by atoms with van der Waals surface area (Å²) in [6, 6.07) is 8.10. The molecule has 1 aromatic rings. The van der Waals surface area contributed by atoms with Gasteiger partial charge < -0.3 is 10.2 Å². The number of aliphatic hydroxyl groups is 2. The van der Waals surface area contributed by atoms with E-state index in [1.165, 1.54) is 11.6 Å². The first-order valence-corrected chi connectivity index (χ1v) is 5.71. The Bertz CT molecular complexity index is 429. The van der Waals surface area contributed by atoms with E-state index in [1.807, 2.05) is 38.1 Å². The lowest BCUT2D eigenvalue weighted by Crippen LogP contribution is -2.33. The molecule has 2 nitrogen and oxygen atoms in total. The highest BCUT2D eigenvalue weighted by atomic mass is 16.3. The van der Waals surface area contributed by atoms with E-state index in [2.05, 4.69) is 5.73 Å². The lowest BCUT2D eigenvalue weighted by atomic mass is 10.0. The highest BCUT2D eigenvalue weighted by Crippen LogP contribution is 2.14. The van der Waals surface area contributed by atoms with E-state index in [9.17, 15) is 10.2 Å². The van der Waals surface area contributed by atoms with Crippen LogP contribution in [0.2, 0.25) is 0 Å². The average Bonchev–Trinajstić information content (AvgIpc) is 2.25. The molecule has 1 atom stereocenters. The average molecular weight is 232 g/mol. The van der Waals surface area contributed by atoms with E-state index in [4.69, 9.17) is 0 Å². The third-order valence-corrected chi connectivity index (χ3v) is 2.67. The highest BCUT2D eigenvalue weighted by Gasteiger charge is 2.21. The maximum atomic E-state index is 9.64. The van der Waals surface area contributed by atoms with Crippen LogP contribution in [-0.2, 0) is 0 Å². The maximum Gasteiger partial charge on any atom is 0.108 e. The van der Waals surface area contributed by atoms with E-state index in [0.29, 0.717) is 0 Å². The van der Waals surface area contributed by atoms with Gasteiger partial charge in [-0.3, -0.25) is 0 Å². The van der Waals surface area contributed by atoms with Crippen LogP contribution in [0.4, 0.5) is 0 Å². The molecule has 0 heterocycles. The van der Waals surface area contributed by atoms with Gasteiger partial charge in [0.05, 0.1) is 5.60 Å². The number of aryl methyl sites for hydroxylation is 1. The van der Waals surface area contributed by atoms with Crippen LogP contribution >= 0.6 is 0 Å². The third kappa shape index (κ3) is 4.20. The topological polar surface area (TPSA) is 40.5 Å². The Morgan fingerprint density at radius 1 is 1.29 bits per heavy atom. The quantitative estimate of drug-likeness (QED) is 0.787. The van der Waals surface area contributed by atoms with Gasteiger partial charge in [0, 0.05) is 0 Å². The molecule has 0 aromatic heterocycles. The van der Waals surface area contributed by atoms with Crippen molar-refractivity contribution in [1.29, 1.82) is 0 Å². The van der Waals surface area contributed by atoms with Crippen LogP contribution in [0.1, 0.15) is 31.9 Å². The van der Waals surface area contributed by atoms with Gasteiger partial charge in [0.1, 0.15) is 6.10 Å². The molecule has 1 aromatic carbocycles. The van der Waals surface area contributed by atoms with E-state index >= 15 is 0 Å². The molecule has 0 aliphatic rings. The molecular formula is C15H20O2. The van der Waals surface area contributed by atoms with Gasteiger partial charge in [0.2, 0.25) is 0 Å². The number of rotatable bonds is 3. The Labute approximate surface area is 103 Å². The SMILES string of the molecule is CC(=C=CC(O)C(C)(C)O)c1ccc(C)cc1. The summed E-state index contributed by atoms with van der Waals surface area (Å²) >= 11 is 0. The summed E-state index contributed by atoms with van der Waals surface area (Å²) < 4.78 is 0. The minimum atomic E-state index is -1.14. The number of aliphatic hydroxyl groups excluding tert-OH is 1. The molecule has 0 bridgehead atoms. The van der Waals surface area contributed by atoms with Crippen LogP contribution < -0.4 is 0 Å². The van der Waals surface area contributed by atoms with E-state index < -0.39 is 11.7 Å². The summed E-state index contributed by atoms with van der Waals surface area (Å²) in [5, 5.41) is 19.2. The van der Waals surface area contributed by atoms with Gasteiger partial charge in [-0.25, -0.2) is 0 Å². The molecule has 0 amide bonds. The molecule has 0 saturated carbocycles. The van der Waals surface area contributed by atoms with Crippen molar-refractivity contribution >= 4 is 5.57 Å². The summed E-state index contributed by atoms with van der Waals surface area (Å²) in [5.41, 5.74) is 5.08. The minimum Gasteiger partial charge on any atom is -0.387 e. The van der Waals surface area contributed by atoms with Crippen LogP contribution in [0.5, 0.6) is 0 Å². The van der Waals surface area contributed by atoms with Gasteiger partial charge in [-0.2, -0.15) is 0 Å². The third-order valence-electron chi connectivity index (χ3n) is 2.67. The lowest BCUT2D eigenvalue weighted by Gasteiger charge is -2.20. The van der Waals surface area contributed by atoms with Crippen molar-refractivity contribution in [2.45, 2.75) is 39.4 Å². The Morgan fingerprint density at radius 3 is 2.29 bits per heavy atom. The second kappa shape index (κ2) is 5.33. The predicted octanol–water partition coefficient (Wildman–Crippen LogP) is 2.69. The van der Waals surface area contributed by atoms with Gasteiger partial charge in [0.15, 0.2) is 0 Å². The lowest BCUT2D eigenvalue weighted by molar-refractivity contribution is -0.0224. The van der Waals surface area contributed by atoms with Crippen molar-refractivity contribution < 1.29 is 10.2 Å². The van der Waals surface area contributed by atoms with Crippen molar-refractivity contribution in [1.82, 2.24) is 0 Å². The molecule has 1 unspecified atom stereocenters. The fourth-order valence-corrected chi connectivity index (χ4v) is 1.29. The number of hydrogen-bond acceptors (Lipinski definition) is 2. The van der Waals surface area contributed by atoms with Crippen LogP contribution in [0.3, 0.4) is 0 Å². The zero-order valence-corrected chi connectivity index (χ0v) is 10.9. The summed E-state index contributed by atoms with van der Waals surface area (Å²) in [5.74, 6) is 0. The Morgan fingerprint density at radius 2 is 1.82 bits per heavy atom. The molecule has 1 rings (SSSR count). The van der Waals surface area contributed by atoms with Crippen molar-refractivity contribution in [2.24, 2.45) is 0 Å². The van der Waals surface area contributed by atoms with Gasteiger partial charge in [-0.1, -0.05) is 29.8 Å². The van der Waals surface area contributed by atoms with Crippen LogP contribution in [-0.4, -0.2) is 21.9 Å². The maximum absolute atomic E-state index is 9.64. The first-order chi connectivity index (χ1) is 7.80. The smallest absolute Gasteiger partial charge is 0.108 e. The number of benzene rings is 1. The largest absolute Gasteiger partial charge is 0.387 e. The molecule has 0 saturated heterocycles. The van der Waals surface area contributed by atoms with Gasteiger partial charge in [-0.15, -0.1) is 5.73 Å². The second-order valence-electron chi connectivity index (χ2n) is 4.90. The molecule has 2 heteroatoms. The van der Waals surface area contributed by atoms with Crippen molar-refractivity contribution in [2.75, 3.05) is 0 Å². The van der Waals surface area contributed by atoms with E-state index in [1.54, 1.807) is 13.8 Å². The molecule has 0 aliphatic carbocycles. The molecule has 0 spiro atoms. The second-order valence-corrected chi connectivity index (χ2v) is 4.90. The molecule has 0 fully saturated rings. The van der Waals surface area contributed by atoms with Gasteiger partial charge in [0.25, 0.3) is 0 Å². The van der Waals surface area contributed by atoms with Gasteiger partial charge >= 0.3 is 0 Å². The first kappa shape index (κ1) is 13.7. The Balaban J connectivity index is 2.93. The van der Waals surface area contributed by atoms with E-state index in [-0.39, 0.29) is 0 Å². The van der Waals surface area contributed by atoms with Gasteiger partial charge in [-0.05, 0) is 44.9 Å². The summed E-state index contributed by atoms with van der Waals surface area (Å²) in [7, 11) is 0. The fourth-order valence-electron chi connectivity index (χ4n) is 1.29. The molecular weight excluding hydrogens is 212 g/mol. The monoisotopic (exact) mass is 232 g/mol. The standard InChI is InChI=1S/C15H20O2/c1-11-5-8-13(9-6-11)12(2)7-10-14(16)15(3,4)17/h5-6,8-10,14,16-17H,1-4H3. The predicted molar refractivity (Wildman–Crippen MR) is 70.6 cm³/mol.